The first-order valence-corrected chi connectivity index (χ1v) is 13.9. The van der Waals surface area contributed by atoms with E-state index >= 15 is 0 Å². The number of ketones is 1. The summed E-state index contributed by atoms with van der Waals surface area (Å²) >= 11 is 0. The molecule has 0 aromatic heterocycles. The third-order valence-electron chi connectivity index (χ3n) is 7.37. The lowest BCUT2D eigenvalue weighted by molar-refractivity contribution is -0.127. The Morgan fingerprint density at radius 1 is 1.28 bits per heavy atom. The molecule has 0 atom stereocenters. The number of Topliss-reactive ketones (excluding diaryl/α,β-unsaturated/α-hetero) is 1. The Labute approximate surface area is 234 Å². The minimum Gasteiger partial charge on any atom is -0.374 e. The highest BCUT2D eigenvalue weighted by Crippen LogP contribution is 2.35. The number of rotatable bonds is 14. The van der Waals surface area contributed by atoms with Gasteiger partial charge in [0.25, 0.3) is 0 Å². The third kappa shape index (κ3) is 7.47. The zero-order valence-corrected chi connectivity index (χ0v) is 24.2. The second-order valence-electron chi connectivity index (χ2n) is 10.2. The minimum absolute atomic E-state index is 0.214. The highest BCUT2D eigenvalue weighted by Gasteiger charge is 2.41. The third-order valence-corrected chi connectivity index (χ3v) is 7.37. The number of nitrogens with one attached hydrogen (secondary N) is 3. The summed E-state index contributed by atoms with van der Waals surface area (Å²) in [6.07, 6.45) is 21.9. The van der Waals surface area contributed by atoms with Gasteiger partial charge < -0.3 is 25.8 Å². The van der Waals surface area contributed by atoms with E-state index in [1.807, 2.05) is 63.7 Å². The van der Waals surface area contributed by atoms with Crippen LogP contribution < -0.4 is 16.0 Å². The SMILES string of the molecule is C=C/C(=C\C=C\CNCC1=CCN=C2C=CC=CN12)NC/N=C\C1=C(NC)N(C(CC)CC)CC(=O)C1(C)C. The van der Waals surface area contributed by atoms with Crippen molar-refractivity contribution in [3.8, 4) is 0 Å². The van der Waals surface area contributed by atoms with Crippen LogP contribution in [0, 0.1) is 5.41 Å². The van der Waals surface area contributed by atoms with Gasteiger partial charge in [0.05, 0.1) is 18.5 Å². The summed E-state index contributed by atoms with van der Waals surface area (Å²) in [5.74, 6) is 2.19. The Kier molecular flexibility index (Phi) is 11.1. The smallest absolute Gasteiger partial charge is 0.162 e. The van der Waals surface area contributed by atoms with Gasteiger partial charge in [0, 0.05) is 55.6 Å². The molecule has 0 bridgehead atoms. The van der Waals surface area contributed by atoms with Crippen LogP contribution in [0.4, 0.5) is 0 Å². The molecule has 39 heavy (non-hydrogen) atoms. The highest BCUT2D eigenvalue weighted by atomic mass is 16.1. The van der Waals surface area contributed by atoms with Crippen molar-refractivity contribution in [2.24, 2.45) is 15.4 Å². The summed E-state index contributed by atoms with van der Waals surface area (Å²) in [4.78, 5) is 26.5. The number of nitrogens with zero attached hydrogens (tertiary/aromatic N) is 4. The molecule has 0 saturated carbocycles. The number of aliphatic imine (C=N–C) groups is 2. The van der Waals surface area contributed by atoms with Crippen molar-refractivity contribution in [3.05, 3.63) is 84.2 Å². The average molecular weight is 532 g/mol. The van der Waals surface area contributed by atoms with E-state index in [1.165, 1.54) is 5.70 Å². The van der Waals surface area contributed by atoms with Gasteiger partial charge in [0.1, 0.15) is 18.3 Å². The van der Waals surface area contributed by atoms with Gasteiger partial charge in [-0.15, -0.1) is 0 Å². The van der Waals surface area contributed by atoms with Gasteiger partial charge in [-0.1, -0.05) is 38.7 Å². The molecule has 8 heteroatoms. The lowest BCUT2D eigenvalue weighted by atomic mass is 9.77. The van der Waals surface area contributed by atoms with Crippen molar-refractivity contribution in [3.63, 3.8) is 0 Å². The van der Waals surface area contributed by atoms with Crippen LogP contribution in [-0.2, 0) is 4.79 Å². The average Bonchev–Trinajstić information content (AvgIpc) is 2.94. The van der Waals surface area contributed by atoms with Crippen LogP contribution in [0.25, 0.3) is 0 Å². The standard InChI is InChI=1S/C31H45N7O/c1-7-24(14-10-12-17-33-20-26-16-18-35-29-15-11-13-19-37(26)29)36-23-34-21-27-30(32-6)38(25(8-2)9-3)22-28(39)31(27,4)5/h7,10-16,19,21,25,32-33,36H,1,8-9,17-18,20,22-23H2,2-6H3/b12-10+,24-14+,34-21-. The fraction of sp³-hybridized carbons (Fsp3) is 0.452. The molecule has 0 spiro atoms. The molecule has 3 aliphatic rings. The monoisotopic (exact) mass is 531 g/mol. The number of amidine groups is 1. The molecular formula is C31H45N7O. The molecule has 0 aliphatic carbocycles. The second-order valence-corrected chi connectivity index (χ2v) is 10.2. The Hall–Kier alpha value is -3.65. The van der Waals surface area contributed by atoms with Gasteiger partial charge in [-0.25, -0.2) is 0 Å². The molecule has 0 unspecified atom stereocenters. The van der Waals surface area contributed by atoms with Crippen molar-refractivity contribution in [2.75, 3.05) is 39.9 Å². The van der Waals surface area contributed by atoms with Crippen LogP contribution in [0.2, 0.25) is 0 Å². The molecule has 0 aromatic rings. The zero-order valence-electron chi connectivity index (χ0n) is 24.2. The molecule has 3 rings (SSSR count). The Bertz CT molecular complexity index is 1130. The molecule has 0 amide bonds. The molecule has 3 N–H and O–H groups in total. The maximum atomic E-state index is 13.0. The number of carbonyl (C=O) groups excluding carboxylic acids is 1. The van der Waals surface area contributed by atoms with Crippen molar-refractivity contribution < 1.29 is 4.79 Å². The fourth-order valence-corrected chi connectivity index (χ4v) is 4.88. The van der Waals surface area contributed by atoms with Gasteiger partial charge in [0.2, 0.25) is 0 Å². The normalized spacial score (nSPS) is 19.2. The molecule has 0 radical (unpaired) electrons. The first-order chi connectivity index (χ1) is 18.9. The highest BCUT2D eigenvalue weighted by molar-refractivity contribution is 5.99. The molecule has 0 fully saturated rings. The van der Waals surface area contributed by atoms with Gasteiger partial charge in [-0.3, -0.25) is 14.8 Å². The van der Waals surface area contributed by atoms with Gasteiger partial charge in [0.15, 0.2) is 5.78 Å². The lowest BCUT2D eigenvalue weighted by Crippen LogP contribution is -2.51. The van der Waals surface area contributed by atoms with E-state index in [0.29, 0.717) is 25.8 Å². The number of hydrogen-bond acceptors (Lipinski definition) is 8. The fourth-order valence-electron chi connectivity index (χ4n) is 4.88. The van der Waals surface area contributed by atoms with E-state index in [-0.39, 0.29) is 5.78 Å². The second kappa shape index (κ2) is 14.5. The van der Waals surface area contributed by atoms with Gasteiger partial charge in [-0.05, 0) is 57.1 Å². The quantitative estimate of drug-likeness (QED) is 0.178. The first-order valence-electron chi connectivity index (χ1n) is 13.9. The van der Waals surface area contributed by atoms with Crippen LogP contribution in [0.3, 0.4) is 0 Å². The van der Waals surface area contributed by atoms with Crippen molar-refractivity contribution in [1.82, 2.24) is 25.8 Å². The number of carbonyl (C=O) groups is 1. The van der Waals surface area contributed by atoms with Crippen LogP contribution in [-0.4, -0.2) is 73.6 Å². The summed E-state index contributed by atoms with van der Waals surface area (Å²) in [5, 5.41) is 10.1. The topological polar surface area (TPSA) is 84.4 Å². The zero-order chi connectivity index (χ0) is 28.3. The molecule has 0 saturated heterocycles. The molecule has 0 aromatic carbocycles. The van der Waals surface area contributed by atoms with E-state index in [9.17, 15) is 4.79 Å². The number of allylic oxidation sites excluding steroid dienone is 6. The first kappa shape index (κ1) is 29.9. The predicted octanol–water partition coefficient (Wildman–Crippen LogP) is 4.03. The van der Waals surface area contributed by atoms with E-state index in [1.54, 1.807) is 6.08 Å². The largest absolute Gasteiger partial charge is 0.374 e. The van der Waals surface area contributed by atoms with Gasteiger partial charge >= 0.3 is 0 Å². The summed E-state index contributed by atoms with van der Waals surface area (Å²) < 4.78 is 0. The maximum Gasteiger partial charge on any atom is 0.162 e. The molecular weight excluding hydrogens is 486 g/mol. The van der Waals surface area contributed by atoms with Crippen molar-refractivity contribution in [2.45, 2.75) is 46.6 Å². The number of hydrogen-bond donors (Lipinski definition) is 3. The van der Waals surface area contributed by atoms with E-state index < -0.39 is 5.41 Å². The minimum atomic E-state index is -0.597. The summed E-state index contributed by atoms with van der Waals surface area (Å²) in [6.45, 7) is 15.3. The maximum absolute atomic E-state index is 13.0. The Morgan fingerprint density at radius 3 is 2.79 bits per heavy atom. The van der Waals surface area contributed by atoms with E-state index in [0.717, 1.165) is 48.9 Å². The summed E-state index contributed by atoms with van der Waals surface area (Å²) in [6, 6.07) is 0.315. The molecule has 210 valence electrons. The molecule has 3 heterocycles. The summed E-state index contributed by atoms with van der Waals surface area (Å²) in [5.41, 5.74) is 2.41. The van der Waals surface area contributed by atoms with E-state index in [2.05, 4.69) is 68.3 Å². The molecule has 3 aliphatic heterocycles. The van der Waals surface area contributed by atoms with Crippen LogP contribution in [0.5, 0.6) is 0 Å². The van der Waals surface area contributed by atoms with E-state index in [4.69, 9.17) is 0 Å². The van der Waals surface area contributed by atoms with Crippen LogP contribution in [0.1, 0.15) is 40.5 Å². The number of fused-ring (bicyclic) bond motifs is 1. The van der Waals surface area contributed by atoms with Gasteiger partial charge in [-0.2, -0.15) is 0 Å². The van der Waals surface area contributed by atoms with Crippen LogP contribution in [0.15, 0.2) is 94.2 Å². The van der Waals surface area contributed by atoms with Crippen LogP contribution >= 0.6 is 0 Å². The predicted molar refractivity (Wildman–Crippen MR) is 163 cm³/mol. The van der Waals surface area contributed by atoms with Crippen molar-refractivity contribution >= 4 is 17.8 Å². The summed E-state index contributed by atoms with van der Waals surface area (Å²) in [7, 11) is 1.92. The Morgan fingerprint density at radius 2 is 2.08 bits per heavy atom. The molecule has 8 nitrogen and oxygen atoms in total. The lowest BCUT2D eigenvalue weighted by Gasteiger charge is -2.43. The Balaban J connectivity index is 1.53. The van der Waals surface area contributed by atoms with Crippen molar-refractivity contribution in [1.29, 1.82) is 0 Å².